The maximum Gasteiger partial charge on any atom is 0.254 e. The number of rotatable bonds is 8. The van der Waals surface area contributed by atoms with Crippen LogP contribution in [-0.4, -0.2) is 24.0 Å². The average Bonchev–Trinajstić information content (AvgIpc) is 3.00. The van der Waals surface area contributed by atoms with Gasteiger partial charge in [-0.2, -0.15) is 0 Å². The van der Waals surface area contributed by atoms with E-state index in [1.165, 1.54) is 6.26 Å². The molecule has 0 saturated heterocycles. The Morgan fingerprint density at radius 3 is 2.65 bits per heavy atom. The summed E-state index contributed by atoms with van der Waals surface area (Å²) in [4.78, 5) is 16.0. The zero-order valence-corrected chi connectivity index (χ0v) is 14.3. The third kappa shape index (κ3) is 7.36. The summed E-state index contributed by atoms with van der Waals surface area (Å²) >= 11 is 0. The van der Waals surface area contributed by atoms with Gasteiger partial charge < -0.3 is 20.8 Å². The molecule has 6 nitrogen and oxygen atoms in total. The molecule has 0 aliphatic rings. The quantitative estimate of drug-likeness (QED) is 0.629. The van der Waals surface area contributed by atoms with Crippen LogP contribution in [0, 0.1) is 0 Å². The number of furan rings is 1. The van der Waals surface area contributed by atoms with Crippen LogP contribution in [0.1, 0.15) is 29.0 Å². The normalized spacial score (nSPS) is 9.43. The van der Waals surface area contributed by atoms with Crippen molar-refractivity contribution in [2.75, 3.05) is 18.4 Å². The van der Waals surface area contributed by atoms with Gasteiger partial charge in [0.15, 0.2) is 0 Å². The smallest absolute Gasteiger partial charge is 0.254 e. The van der Waals surface area contributed by atoms with Gasteiger partial charge >= 0.3 is 0 Å². The molecule has 0 fully saturated rings. The highest BCUT2D eigenvalue weighted by Crippen LogP contribution is 2.06. The fraction of sp³-hybridized carbons (Fsp3) is 0.333. The Balaban J connectivity index is 0.00000242. The lowest BCUT2D eigenvalue weighted by molar-refractivity contribution is 0.0952. The van der Waals surface area contributed by atoms with E-state index < -0.39 is 0 Å². The lowest BCUT2D eigenvalue weighted by atomic mass is 10.2. The van der Waals surface area contributed by atoms with Gasteiger partial charge in [-0.05, 0) is 31.0 Å². The largest absolute Gasteiger partial charge is 0.467 e. The lowest BCUT2D eigenvalue weighted by Crippen LogP contribution is -2.24. The van der Waals surface area contributed by atoms with Crippen molar-refractivity contribution in [2.24, 2.45) is 5.73 Å². The SMILES string of the molecule is Cl.Cl.NCc1cc(C(=O)NCCCCNc2ccccn2)co1. The van der Waals surface area contributed by atoms with E-state index in [0.717, 1.165) is 25.2 Å². The second-order valence-electron chi connectivity index (χ2n) is 4.61. The molecule has 4 N–H and O–H groups in total. The molecule has 1 amide bonds. The van der Waals surface area contributed by atoms with Gasteiger partial charge in [0.25, 0.3) is 5.91 Å². The summed E-state index contributed by atoms with van der Waals surface area (Å²) < 4.78 is 5.13. The van der Waals surface area contributed by atoms with Crippen molar-refractivity contribution in [3.8, 4) is 0 Å². The summed E-state index contributed by atoms with van der Waals surface area (Å²) in [5, 5.41) is 6.07. The second-order valence-corrected chi connectivity index (χ2v) is 4.61. The van der Waals surface area contributed by atoms with E-state index >= 15 is 0 Å². The molecule has 0 aliphatic carbocycles. The number of nitrogens with two attached hydrogens (primary N) is 1. The first-order chi connectivity index (χ1) is 10.3. The minimum Gasteiger partial charge on any atom is -0.467 e. The number of halogens is 2. The monoisotopic (exact) mass is 360 g/mol. The van der Waals surface area contributed by atoms with Crippen molar-refractivity contribution < 1.29 is 9.21 Å². The molecule has 0 unspecified atom stereocenters. The van der Waals surface area contributed by atoms with Crippen molar-refractivity contribution in [1.29, 1.82) is 0 Å². The van der Waals surface area contributed by atoms with Gasteiger partial charge in [0.1, 0.15) is 17.8 Å². The summed E-state index contributed by atoms with van der Waals surface area (Å²) in [7, 11) is 0. The number of pyridine rings is 1. The molecule has 0 aliphatic heterocycles. The molecule has 0 spiro atoms. The summed E-state index contributed by atoms with van der Waals surface area (Å²) in [6, 6.07) is 7.41. The number of hydrogen-bond acceptors (Lipinski definition) is 5. The Bertz CT molecular complexity index is 564. The molecule has 2 aromatic heterocycles. The molecular formula is C15H22Cl2N4O2. The van der Waals surface area contributed by atoms with Gasteiger partial charge in [0.05, 0.1) is 12.1 Å². The average molecular weight is 361 g/mol. The number of aromatic nitrogens is 1. The fourth-order valence-electron chi connectivity index (χ4n) is 1.84. The van der Waals surface area contributed by atoms with Crippen LogP contribution in [0.15, 0.2) is 41.1 Å². The van der Waals surface area contributed by atoms with Crippen LogP contribution in [0.3, 0.4) is 0 Å². The zero-order chi connectivity index (χ0) is 14.9. The highest BCUT2D eigenvalue weighted by atomic mass is 35.5. The molecule has 23 heavy (non-hydrogen) atoms. The van der Waals surface area contributed by atoms with E-state index in [1.54, 1.807) is 12.3 Å². The first-order valence-electron chi connectivity index (χ1n) is 7.00. The number of amides is 1. The van der Waals surface area contributed by atoms with E-state index in [1.807, 2.05) is 18.2 Å². The molecular weight excluding hydrogens is 339 g/mol. The topological polar surface area (TPSA) is 93.2 Å². The number of nitrogens with zero attached hydrogens (tertiary/aromatic N) is 1. The Hall–Kier alpha value is -1.76. The van der Waals surface area contributed by atoms with Crippen LogP contribution in [0.25, 0.3) is 0 Å². The molecule has 2 aromatic rings. The molecule has 128 valence electrons. The maximum absolute atomic E-state index is 11.8. The second kappa shape index (κ2) is 11.8. The third-order valence-corrected chi connectivity index (χ3v) is 2.98. The van der Waals surface area contributed by atoms with E-state index in [0.29, 0.717) is 24.4 Å². The van der Waals surface area contributed by atoms with Crippen molar-refractivity contribution in [1.82, 2.24) is 10.3 Å². The van der Waals surface area contributed by atoms with E-state index in [4.69, 9.17) is 10.2 Å². The predicted molar refractivity (Wildman–Crippen MR) is 95.4 cm³/mol. The number of carbonyl (C=O) groups is 1. The lowest BCUT2D eigenvalue weighted by Gasteiger charge is -2.05. The zero-order valence-electron chi connectivity index (χ0n) is 12.7. The van der Waals surface area contributed by atoms with E-state index in [9.17, 15) is 4.79 Å². The van der Waals surface area contributed by atoms with Crippen LogP contribution in [0.5, 0.6) is 0 Å². The Morgan fingerprint density at radius 2 is 2.00 bits per heavy atom. The van der Waals surface area contributed by atoms with Gasteiger partial charge in [-0.15, -0.1) is 24.8 Å². The number of unbranched alkanes of at least 4 members (excludes halogenated alkanes) is 1. The maximum atomic E-state index is 11.8. The predicted octanol–water partition coefficient (Wildman–Crippen LogP) is 2.60. The molecule has 0 radical (unpaired) electrons. The van der Waals surface area contributed by atoms with Gasteiger partial charge in [-0.1, -0.05) is 6.07 Å². The fourth-order valence-corrected chi connectivity index (χ4v) is 1.84. The van der Waals surface area contributed by atoms with Crippen LogP contribution < -0.4 is 16.4 Å². The first-order valence-corrected chi connectivity index (χ1v) is 7.00. The van der Waals surface area contributed by atoms with Crippen molar-refractivity contribution in [3.63, 3.8) is 0 Å². The molecule has 0 aromatic carbocycles. The summed E-state index contributed by atoms with van der Waals surface area (Å²) in [5.41, 5.74) is 5.94. The van der Waals surface area contributed by atoms with E-state index in [-0.39, 0.29) is 30.7 Å². The minimum absolute atomic E-state index is 0. The molecule has 8 heteroatoms. The summed E-state index contributed by atoms with van der Waals surface area (Å²) in [6.45, 7) is 1.76. The Kier molecular flexibility index (Phi) is 10.9. The van der Waals surface area contributed by atoms with Crippen LogP contribution in [0.4, 0.5) is 5.82 Å². The number of nitrogens with one attached hydrogen (secondary N) is 2. The molecule has 0 saturated carbocycles. The van der Waals surface area contributed by atoms with Gasteiger partial charge in [-0.3, -0.25) is 4.79 Å². The number of carbonyl (C=O) groups excluding carboxylic acids is 1. The molecule has 2 rings (SSSR count). The van der Waals surface area contributed by atoms with Crippen molar-refractivity contribution in [2.45, 2.75) is 19.4 Å². The van der Waals surface area contributed by atoms with E-state index in [2.05, 4.69) is 15.6 Å². The summed E-state index contributed by atoms with van der Waals surface area (Å²) in [5.74, 6) is 1.35. The van der Waals surface area contributed by atoms with Crippen LogP contribution >= 0.6 is 24.8 Å². The Morgan fingerprint density at radius 1 is 1.22 bits per heavy atom. The van der Waals surface area contributed by atoms with Gasteiger partial charge in [0, 0.05) is 19.3 Å². The van der Waals surface area contributed by atoms with Crippen LogP contribution in [0.2, 0.25) is 0 Å². The van der Waals surface area contributed by atoms with Gasteiger partial charge in [0.2, 0.25) is 0 Å². The van der Waals surface area contributed by atoms with Crippen molar-refractivity contribution >= 4 is 36.5 Å². The molecule has 2 heterocycles. The number of hydrogen-bond donors (Lipinski definition) is 3. The first kappa shape index (κ1) is 21.2. The highest BCUT2D eigenvalue weighted by molar-refractivity contribution is 5.93. The Labute approximate surface area is 148 Å². The third-order valence-electron chi connectivity index (χ3n) is 2.98. The number of anilines is 1. The minimum atomic E-state index is -0.129. The van der Waals surface area contributed by atoms with Crippen molar-refractivity contribution in [3.05, 3.63) is 48.0 Å². The van der Waals surface area contributed by atoms with Gasteiger partial charge in [-0.25, -0.2) is 4.98 Å². The molecule has 0 bridgehead atoms. The molecule has 0 atom stereocenters. The van der Waals surface area contributed by atoms with Crippen LogP contribution in [-0.2, 0) is 6.54 Å². The summed E-state index contributed by atoms with van der Waals surface area (Å²) in [6.07, 6.45) is 5.03. The standard InChI is InChI=1S/C15H20N4O2.2ClH/c16-10-13-9-12(11-21-13)15(20)19-8-4-3-7-18-14-5-1-2-6-17-14;;/h1-2,5-6,9,11H,3-4,7-8,10,16H2,(H,17,18)(H,19,20);2*1H. The highest BCUT2D eigenvalue weighted by Gasteiger charge is 2.08.